The van der Waals surface area contributed by atoms with Crippen LogP contribution in [0.25, 0.3) is 6.08 Å². The molecule has 1 aromatic rings. The Morgan fingerprint density at radius 3 is 2.55 bits per heavy atom. The average molecular weight is 270 g/mol. The third-order valence-corrected chi connectivity index (χ3v) is 5.11. The molecule has 1 atom stereocenters. The summed E-state index contributed by atoms with van der Waals surface area (Å²) in [5.41, 5.74) is 4.92. The Morgan fingerprint density at radius 1 is 1.10 bits per heavy atom. The molecule has 0 aliphatic heterocycles. The molecule has 108 valence electrons. The molecule has 0 saturated heterocycles. The van der Waals surface area contributed by atoms with Gasteiger partial charge in [0, 0.05) is 11.0 Å². The summed E-state index contributed by atoms with van der Waals surface area (Å²) >= 11 is 0. The summed E-state index contributed by atoms with van der Waals surface area (Å²) in [7, 11) is 0. The number of benzene rings is 1. The maximum absolute atomic E-state index is 6.03. The molecule has 0 N–H and O–H groups in total. The lowest BCUT2D eigenvalue weighted by Gasteiger charge is -2.44. The molecule has 0 spiro atoms. The predicted octanol–water partition coefficient (Wildman–Crippen LogP) is 5.34. The van der Waals surface area contributed by atoms with Crippen LogP contribution in [0.5, 0.6) is 5.75 Å². The van der Waals surface area contributed by atoms with Crippen LogP contribution in [-0.4, -0.2) is 6.10 Å². The second-order valence-electron chi connectivity index (χ2n) is 7.51. The van der Waals surface area contributed by atoms with E-state index in [2.05, 4.69) is 58.9 Å². The average Bonchev–Trinajstić information content (AvgIpc) is 2.65. The zero-order valence-corrected chi connectivity index (χ0v) is 13.4. The fourth-order valence-electron chi connectivity index (χ4n) is 4.21. The fourth-order valence-corrected chi connectivity index (χ4v) is 4.21. The van der Waals surface area contributed by atoms with Crippen LogP contribution in [0.2, 0.25) is 0 Å². The van der Waals surface area contributed by atoms with Crippen LogP contribution in [-0.2, 0) is 5.41 Å². The van der Waals surface area contributed by atoms with Gasteiger partial charge in [-0.15, -0.1) is 0 Å². The molecule has 0 unspecified atom stereocenters. The van der Waals surface area contributed by atoms with Gasteiger partial charge in [0.25, 0.3) is 0 Å². The molecule has 0 bridgehead atoms. The monoisotopic (exact) mass is 270 g/mol. The number of hydrogen-bond acceptors (Lipinski definition) is 1. The Bertz CT molecular complexity index is 565. The lowest BCUT2D eigenvalue weighted by atomic mass is 9.60. The van der Waals surface area contributed by atoms with E-state index in [0.29, 0.717) is 5.41 Å². The van der Waals surface area contributed by atoms with Crippen molar-refractivity contribution in [3.63, 3.8) is 0 Å². The molecule has 1 nitrogen and oxygen atoms in total. The molecular weight excluding hydrogens is 244 g/mol. The van der Waals surface area contributed by atoms with Crippen molar-refractivity contribution in [2.45, 2.75) is 65.4 Å². The van der Waals surface area contributed by atoms with Crippen LogP contribution in [0, 0.1) is 5.41 Å². The fraction of sp³-hybridized carbons (Fsp3) is 0.579. The van der Waals surface area contributed by atoms with Crippen LogP contribution >= 0.6 is 0 Å². The molecule has 1 heteroatoms. The van der Waals surface area contributed by atoms with Crippen molar-refractivity contribution < 1.29 is 4.74 Å². The Balaban J connectivity index is 2.14. The number of rotatable bonds is 2. The van der Waals surface area contributed by atoms with E-state index in [-0.39, 0.29) is 11.5 Å². The highest BCUT2D eigenvalue weighted by molar-refractivity contribution is 5.75. The first kappa shape index (κ1) is 13.7. The summed E-state index contributed by atoms with van der Waals surface area (Å²) in [4.78, 5) is 0. The van der Waals surface area contributed by atoms with Gasteiger partial charge in [0.05, 0.1) is 6.10 Å². The van der Waals surface area contributed by atoms with E-state index in [1.165, 1.54) is 30.4 Å². The molecule has 1 aromatic carbocycles. The number of fused-ring (bicyclic) bond motifs is 3. The lowest BCUT2D eigenvalue weighted by molar-refractivity contribution is 0.241. The minimum absolute atomic E-state index is 0.216. The van der Waals surface area contributed by atoms with E-state index < -0.39 is 0 Å². The normalized spacial score (nSPS) is 27.0. The van der Waals surface area contributed by atoms with Crippen LogP contribution < -0.4 is 4.74 Å². The largest absolute Gasteiger partial charge is 0.490 e. The summed E-state index contributed by atoms with van der Waals surface area (Å²) in [6.07, 6.45) is 6.52. The number of hydrogen-bond donors (Lipinski definition) is 0. The van der Waals surface area contributed by atoms with Crippen molar-refractivity contribution >= 4 is 6.08 Å². The zero-order valence-electron chi connectivity index (χ0n) is 13.4. The number of allylic oxidation sites excluding steroid dienone is 1. The summed E-state index contributed by atoms with van der Waals surface area (Å²) < 4.78 is 6.03. The van der Waals surface area contributed by atoms with Crippen molar-refractivity contribution in [1.29, 1.82) is 0 Å². The SMILES string of the molecule is CC(C)Oc1cccc2c1C=C1C(C)(C)CCC[C@@]12C. The topological polar surface area (TPSA) is 9.23 Å². The summed E-state index contributed by atoms with van der Waals surface area (Å²) in [6, 6.07) is 6.57. The maximum Gasteiger partial charge on any atom is 0.127 e. The first-order chi connectivity index (χ1) is 9.34. The minimum atomic E-state index is 0.216. The van der Waals surface area contributed by atoms with E-state index in [9.17, 15) is 0 Å². The van der Waals surface area contributed by atoms with Gasteiger partial charge in [-0.2, -0.15) is 0 Å². The second-order valence-corrected chi connectivity index (χ2v) is 7.51. The highest BCUT2D eigenvalue weighted by Crippen LogP contribution is 2.58. The van der Waals surface area contributed by atoms with Crippen molar-refractivity contribution in [3.8, 4) is 5.75 Å². The van der Waals surface area contributed by atoms with Gasteiger partial charge in [0.1, 0.15) is 5.75 Å². The summed E-state index contributed by atoms with van der Waals surface area (Å²) in [6.45, 7) is 11.4. The molecule has 3 rings (SSSR count). The second kappa shape index (κ2) is 4.38. The first-order valence-corrected chi connectivity index (χ1v) is 7.87. The van der Waals surface area contributed by atoms with Crippen LogP contribution in [0.3, 0.4) is 0 Å². The molecular formula is C19H26O. The molecule has 0 amide bonds. The van der Waals surface area contributed by atoms with Crippen molar-refractivity contribution in [1.82, 2.24) is 0 Å². The van der Waals surface area contributed by atoms with Gasteiger partial charge in [-0.1, -0.05) is 51.0 Å². The van der Waals surface area contributed by atoms with Gasteiger partial charge < -0.3 is 4.74 Å². The van der Waals surface area contributed by atoms with Gasteiger partial charge in [-0.25, -0.2) is 0 Å². The first-order valence-electron chi connectivity index (χ1n) is 7.87. The van der Waals surface area contributed by atoms with Gasteiger partial charge in [-0.3, -0.25) is 0 Å². The Labute approximate surface area is 123 Å². The Morgan fingerprint density at radius 2 is 1.85 bits per heavy atom. The molecule has 1 fully saturated rings. The predicted molar refractivity (Wildman–Crippen MR) is 85.2 cm³/mol. The molecule has 20 heavy (non-hydrogen) atoms. The van der Waals surface area contributed by atoms with Crippen LogP contribution in [0.4, 0.5) is 0 Å². The number of ether oxygens (including phenoxy) is 1. The molecule has 0 heterocycles. The minimum Gasteiger partial charge on any atom is -0.490 e. The highest BCUT2D eigenvalue weighted by atomic mass is 16.5. The van der Waals surface area contributed by atoms with E-state index in [4.69, 9.17) is 4.74 Å². The maximum atomic E-state index is 6.03. The van der Waals surface area contributed by atoms with Crippen molar-refractivity contribution in [3.05, 3.63) is 34.9 Å². The van der Waals surface area contributed by atoms with Gasteiger partial charge in [0.2, 0.25) is 0 Å². The van der Waals surface area contributed by atoms with Crippen LogP contribution in [0.1, 0.15) is 65.0 Å². The van der Waals surface area contributed by atoms with Crippen molar-refractivity contribution in [2.75, 3.05) is 0 Å². The van der Waals surface area contributed by atoms with Gasteiger partial charge in [0.15, 0.2) is 0 Å². The van der Waals surface area contributed by atoms with Crippen molar-refractivity contribution in [2.24, 2.45) is 5.41 Å². The van der Waals surface area contributed by atoms with E-state index in [0.717, 1.165) is 5.75 Å². The lowest BCUT2D eigenvalue weighted by Crippen LogP contribution is -2.35. The van der Waals surface area contributed by atoms with Crippen LogP contribution in [0.15, 0.2) is 23.8 Å². The molecule has 1 saturated carbocycles. The molecule has 0 aromatic heterocycles. The molecule has 2 aliphatic rings. The third kappa shape index (κ3) is 1.90. The smallest absolute Gasteiger partial charge is 0.127 e. The molecule has 2 aliphatic carbocycles. The summed E-state index contributed by atoms with van der Waals surface area (Å²) in [5.74, 6) is 1.05. The Hall–Kier alpha value is -1.24. The van der Waals surface area contributed by atoms with E-state index in [1.54, 1.807) is 5.57 Å². The third-order valence-electron chi connectivity index (χ3n) is 5.11. The zero-order chi connectivity index (χ0) is 14.5. The highest BCUT2D eigenvalue weighted by Gasteiger charge is 2.47. The standard InChI is InChI=1S/C19H26O/c1-13(2)20-16-9-6-8-15-14(16)12-17-18(3,4)10-7-11-19(15,17)5/h6,8-9,12-13H,7,10-11H2,1-5H3/t19-/m1/s1. The van der Waals surface area contributed by atoms with Gasteiger partial charge in [-0.05, 0) is 43.7 Å². The quantitative estimate of drug-likeness (QED) is 0.705. The van der Waals surface area contributed by atoms with Gasteiger partial charge >= 0.3 is 0 Å². The molecule has 0 radical (unpaired) electrons. The van der Waals surface area contributed by atoms with E-state index >= 15 is 0 Å². The Kier molecular flexibility index (Phi) is 3.00. The summed E-state index contributed by atoms with van der Waals surface area (Å²) in [5, 5.41) is 0. The van der Waals surface area contributed by atoms with E-state index in [1.807, 2.05) is 0 Å².